The molecule has 0 atom stereocenters. The summed E-state index contributed by atoms with van der Waals surface area (Å²) in [4.78, 5) is 13.3. The van der Waals surface area contributed by atoms with Crippen LogP contribution in [0.1, 0.15) is 48.8 Å². The minimum Gasteiger partial charge on any atom is -0.351 e. The Balaban J connectivity index is 1.79. The molecule has 0 spiro atoms. The zero-order valence-corrected chi connectivity index (χ0v) is 17.3. The summed E-state index contributed by atoms with van der Waals surface area (Å²) in [5.41, 5.74) is 3.19. The van der Waals surface area contributed by atoms with E-state index in [2.05, 4.69) is 10.0 Å². The molecule has 2 aromatic rings. The van der Waals surface area contributed by atoms with Crippen molar-refractivity contribution in [2.45, 2.75) is 51.0 Å². The van der Waals surface area contributed by atoms with Crippen LogP contribution in [0.3, 0.4) is 0 Å². The molecular formula is C22H28N2O3S. The van der Waals surface area contributed by atoms with Gasteiger partial charge in [0.25, 0.3) is 0 Å². The second-order valence-electron chi connectivity index (χ2n) is 7.76. The standard InChI is InChI=1S/C22H28N2O3S/c1-17-6-8-18(9-7-17)16-23-21(25)22(14-4-3-5-15-22)19-10-12-20(13-11-19)24-28(2,26)27/h6-13,24H,3-5,14-16H2,1-2H3,(H,23,25). The SMILES string of the molecule is Cc1ccc(CNC(=O)C2(c3ccc(NS(C)(=O)=O)cc3)CCCCC2)cc1. The maximum absolute atomic E-state index is 13.3. The Morgan fingerprint density at radius 1 is 0.964 bits per heavy atom. The van der Waals surface area contributed by atoms with Gasteiger partial charge in [0, 0.05) is 12.2 Å². The first-order valence-corrected chi connectivity index (χ1v) is 11.6. The van der Waals surface area contributed by atoms with Crippen molar-refractivity contribution in [3.8, 4) is 0 Å². The van der Waals surface area contributed by atoms with Crippen molar-refractivity contribution < 1.29 is 13.2 Å². The first-order chi connectivity index (χ1) is 13.3. The Hall–Kier alpha value is -2.34. The monoisotopic (exact) mass is 400 g/mol. The van der Waals surface area contributed by atoms with E-state index in [1.807, 2.05) is 43.3 Å². The fraction of sp³-hybridized carbons (Fsp3) is 0.409. The van der Waals surface area contributed by atoms with E-state index in [4.69, 9.17) is 0 Å². The fourth-order valence-electron chi connectivity index (χ4n) is 3.93. The number of rotatable bonds is 6. The highest BCUT2D eigenvalue weighted by molar-refractivity contribution is 7.92. The third-order valence-corrected chi connectivity index (χ3v) is 6.06. The summed E-state index contributed by atoms with van der Waals surface area (Å²) in [6.45, 7) is 2.55. The molecular weight excluding hydrogens is 372 g/mol. The van der Waals surface area contributed by atoms with Gasteiger partial charge in [0.05, 0.1) is 11.7 Å². The molecule has 2 aromatic carbocycles. The van der Waals surface area contributed by atoms with Crippen molar-refractivity contribution in [2.75, 3.05) is 11.0 Å². The maximum Gasteiger partial charge on any atom is 0.230 e. The van der Waals surface area contributed by atoms with Crippen molar-refractivity contribution >= 4 is 21.6 Å². The summed E-state index contributed by atoms with van der Waals surface area (Å²) in [5.74, 6) is 0.0524. The van der Waals surface area contributed by atoms with Crippen LogP contribution in [-0.4, -0.2) is 20.6 Å². The third kappa shape index (κ3) is 4.93. The highest BCUT2D eigenvalue weighted by Gasteiger charge is 2.40. The first kappa shape index (κ1) is 20.4. The van der Waals surface area contributed by atoms with Crippen LogP contribution in [0, 0.1) is 6.92 Å². The lowest BCUT2D eigenvalue weighted by Crippen LogP contribution is -2.45. The minimum atomic E-state index is -3.32. The highest BCUT2D eigenvalue weighted by atomic mass is 32.2. The van der Waals surface area contributed by atoms with E-state index >= 15 is 0 Å². The van der Waals surface area contributed by atoms with E-state index in [1.165, 1.54) is 5.56 Å². The Morgan fingerprint density at radius 3 is 2.14 bits per heavy atom. The van der Waals surface area contributed by atoms with E-state index in [0.717, 1.165) is 49.5 Å². The first-order valence-electron chi connectivity index (χ1n) is 9.71. The van der Waals surface area contributed by atoms with Gasteiger partial charge >= 0.3 is 0 Å². The zero-order chi connectivity index (χ0) is 20.2. The molecule has 1 amide bonds. The molecule has 2 N–H and O–H groups in total. The number of amides is 1. The quantitative estimate of drug-likeness (QED) is 0.773. The van der Waals surface area contributed by atoms with Gasteiger partial charge in [-0.3, -0.25) is 9.52 Å². The Kier molecular flexibility index (Phi) is 6.08. The van der Waals surface area contributed by atoms with Crippen LogP contribution in [0.15, 0.2) is 48.5 Å². The number of hydrogen-bond acceptors (Lipinski definition) is 3. The molecule has 150 valence electrons. The van der Waals surface area contributed by atoms with Crippen molar-refractivity contribution in [3.63, 3.8) is 0 Å². The van der Waals surface area contributed by atoms with Gasteiger partial charge in [0.1, 0.15) is 0 Å². The van der Waals surface area contributed by atoms with Gasteiger partial charge in [-0.15, -0.1) is 0 Å². The van der Waals surface area contributed by atoms with Gasteiger partial charge in [-0.2, -0.15) is 0 Å². The number of benzene rings is 2. The Bertz CT molecular complexity index is 913. The third-order valence-electron chi connectivity index (χ3n) is 5.46. The van der Waals surface area contributed by atoms with Crippen molar-refractivity contribution in [2.24, 2.45) is 0 Å². The number of anilines is 1. The lowest BCUT2D eigenvalue weighted by Gasteiger charge is -2.36. The van der Waals surface area contributed by atoms with E-state index in [1.54, 1.807) is 12.1 Å². The molecule has 0 aliphatic heterocycles. The largest absolute Gasteiger partial charge is 0.351 e. The van der Waals surface area contributed by atoms with E-state index in [9.17, 15) is 13.2 Å². The maximum atomic E-state index is 13.3. The van der Waals surface area contributed by atoms with E-state index in [-0.39, 0.29) is 5.91 Å². The summed E-state index contributed by atoms with van der Waals surface area (Å²) in [5, 5.41) is 3.13. The summed E-state index contributed by atoms with van der Waals surface area (Å²) in [6.07, 6.45) is 5.92. The summed E-state index contributed by atoms with van der Waals surface area (Å²) >= 11 is 0. The smallest absolute Gasteiger partial charge is 0.230 e. The fourth-order valence-corrected chi connectivity index (χ4v) is 4.50. The van der Waals surface area contributed by atoms with Crippen LogP contribution >= 0.6 is 0 Å². The Labute approximate surface area is 167 Å². The number of aryl methyl sites for hydroxylation is 1. The number of carbonyl (C=O) groups excluding carboxylic acids is 1. The molecule has 28 heavy (non-hydrogen) atoms. The molecule has 5 nitrogen and oxygen atoms in total. The number of carbonyl (C=O) groups is 1. The van der Waals surface area contributed by atoms with Crippen molar-refractivity contribution in [1.82, 2.24) is 5.32 Å². The van der Waals surface area contributed by atoms with Gasteiger partial charge in [0.2, 0.25) is 15.9 Å². The number of sulfonamides is 1. The molecule has 1 aliphatic rings. The molecule has 1 fully saturated rings. The summed E-state index contributed by atoms with van der Waals surface area (Å²) in [7, 11) is -3.32. The minimum absolute atomic E-state index is 0.0524. The van der Waals surface area contributed by atoms with Gasteiger partial charge in [-0.25, -0.2) is 8.42 Å². The number of hydrogen-bond donors (Lipinski definition) is 2. The molecule has 0 radical (unpaired) electrons. The molecule has 0 aromatic heterocycles. The molecule has 6 heteroatoms. The molecule has 1 saturated carbocycles. The normalized spacial score (nSPS) is 16.4. The zero-order valence-electron chi connectivity index (χ0n) is 16.5. The van der Waals surface area contributed by atoms with Crippen LogP contribution in [0.4, 0.5) is 5.69 Å². The van der Waals surface area contributed by atoms with E-state index < -0.39 is 15.4 Å². The second kappa shape index (κ2) is 8.35. The van der Waals surface area contributed by atoms with Crippen molar-refractivity contribution in [1.29, 1.82) is 0 Å². The van der Waals surface area contributed by atoms with Gasteiger partial charge in [-0.05, 0) is 43.0 Å². The predicted octanol–water partition coefficient (Wildman–Crippen LogP) is 3.88. The molecule has 0 bridgehead atoms. The summed E-state index contributed by atoms with van der Waals surface area (Å²) < 4.78 is 25.3. The topological polar surface area (TPSA) is 75.3 Å². The van der Waals surface area contributed by atoms with E-state index in [0.29, 0.717) is 12.2 Å². The molecule has 3 rings (SSSR count). The van der Waals surface area contributed by atoms with Crippen LogP contribution in [0.2, 0.25) is 0 Å². The average molecular weight is 401 g/mol. The average Bonchev–Trinajstić information content (AvgIpc) is 2.67. The number of nitrogens with one attached hydrogen (secondary N) is 2. The lowest BCUT2D eigenvalue weighted by atomic mass is 9.68. The van der Waals surface area contributed by atoms with Crippen LogP contribution in [-0.2, 0) is 26.8 Å². The molecule has 0 unspecified atom stereocenters. The van der Waals surface area contributed by atoms with Crippen molar-refractivity contribution in [3.05, 3.63) is 65.2 Å². The molecule has 1 aliphatic carbocycles. The molecule has 0 saturated heterocycles. The highest BCUT2D eigenvalue weighted by Crippen LogP contribution is 2.40. The van der Waals surface area contributed by atoms with Crippen LogP contribution < -0.4 is 10.0 Å². The van der Waals surface area contributed by atoms with Gasteiger partial charge in [0.15, 0.2) is 0 Å². The molecule has 0 heterocycles. The predicted molar refractivity (Wildman–Crippen MR) is 113 cm³/mol. The second-order valence-corrected chi connectivity index (χ2v) is 9.51. The lowest BCUT2D eigenvalue weighted by molar-refractivity contribution is -0.128. The summed E-state index contributed by atoms with van der Waals surface area (Å²) in [6, 6.07) is 15.4. The Morgan fingerprint density at radius 2 is 1.57 bits per heavy atom. The van der Waals surface area contributed by atoms with Crippen LogP contribution in [0.25, 0.3) is 0 Å². The van der Waals surface area contributed by atoms with Gasteiger partial charge in [-0.1, -0.05) is 61.2 Å². The van der Waals surface area contributed by atoms with Gasteiger partial charge < -0.3 is 5.32 Å². The van der Waals surface area contributed by atoms with Crippen LogP contribution in [0.5, 0.6) is 0 Å².